The van der Waals surface area contributed by atoms with E-state index in [1.54, 1.807) is 0 Å². The predicted octanol–water partition coefficient (Wildman–Crippen LogP) is 3.72. The minimum absolute atomic E-state index is 0.507. The molecule has 1 saturated heterocycles. The van der Waals surface area contributed by atoms with Gasteiger partial charge in [-0.25, -0.2) is 0 Å². The normalized spacial score (nSPS) is 24.2. The van der Waals surface area contributed by atoms with Crippen LogP contribution in [0.1, 0.15) is 24.8 Å². The minimum Gasteiger partial charge on any atom is -0.381 e. The van der Waals surface area contributed by atoms with Crippen LogP contribution >= 0.6 is 23.2 Å². The van der Waals surface area contributed by atoms with Crippen molar-refractivity contribution in [1.29, 1.82) is 0 Å². The number of halogens is 2. The first-order valence-electron chi connectivity index (χ1n) is 6.45. The maximum atomic E-state index is 6.11. The summed E-state index contributed by atoms with van der Waals surface area (Å²) in [4.78, 5) is 0. The van der Waals surface area contributed by atoms with E-state index in [0.29, 0.717) is 21.9 Å². The van der Waals surface area contributed by atoms with Gasteiger partial charge in [0.05, 0.1) is 16.7 Å². The Morgan fingerprint density at radius 2 is 2.17 bits per heavy atom. The second kappa shape index (κ2) is 6.76. The average molecular weight is 288 g/mol. The fourth-order valence-electron chi connectivity index (χ4n) is 2.55. The van der Waals surface area contributed by atoms with Crippen LogP contribution in [0.5, 0.6) is 0 Å². The second-order valence-corrected chi connectivity index (χ2v) is 5.51. The van der Waals surface area contributed by atoms with Crippen LogP contribution in [0.15, 0.2) is 18.2 Å². The van der Waals surface area contributed by atoms with E-state index in [1.165, 1.54) is 5.56 Å². The highest BCUT2D eigenvalue weighted by Gasteiger charge is 2.26. The lowest BCUT2D eigenvalue weighted by molar-refractivity contribution is 0.0902. The molecule has 18 heavy (non-hydrogen) atoms. The van der Waals surface area contributed by atoms with Crippen molar-refractivity contribution in [3.8, 4) is 0 Å². The van der Waals surface area contributed by atoms with Crippen LogP contribution in [0.2, 0.25) is 10.0 Å². The molecular formula is C14H19Cl2NO. The van der Waals surface area contributed by atoms with Gasteiger partial charge in [0, 0.05) is 19.1 Å². The molecule has 0 unspecified atom stereocenters. The molecule has 0 aliphatic carbocycles. The zero-order valence-corrected chi connectivity index (χ0v) is 12.1. The van der Waals surface area contributed by atoms with Gasteiger partial charge < -0.3 is 10.1 Å². The van der Waals surface area contributed by atoms with Crippen LogP contribution in [0.25, 0.3) is 0 Å². The largest absolute Gasteiger partial charge is 0.381 e. The number of rotatable bonds is 4. The molecule has 1 N–H and O–H groups in total. The van der Waals surface area contributed by atoms with Crippen molar-refractivity contribution in [2.24, 2.45) is 5.92 Å². The molecule has 1 heterocycles. The monoisotopic (exact) mass is 287 g/mol. The summed E-state index contributed by atoms with van der Waals surface area (Å²) in [5.41, 5.74) is 1.27. The minimum atomic E-state index is 0.507. The molecule has 0 radical (unpaired) electrons. The van der Waals surface area contributed by atoms with E-state index in [4.69, 9.17) is 27.9 Å². The molecule has 0 spiro atoms. The maximum Gasteiger partial charge on any atom is 0.0595 e. The number of ether oxygens (including phenoxy) is 1. The van der Waals surface area contributed by atoms with Crippen molar-refractivity contribution >= 4 is 23.2 Å². The Labute approximate surface area is 119 Å². The number of hydrogen-bond donors (Lipinski definition) is 1. The SMILES string of the molecule is CCOC[C@@H]1CNCC[C@H]1c1ccc(Cl)c(Cl)c1. The summed E-state index contributed by atoms with van der Waals surface area (Å²) in [6.45, 7) is 5.65. The Morgan fingerprint density at radius 3 is 2.89 bits per heavy atom. The molecular weight excluding hydrogens is 269 g/mol. The van der Waals surface area contributed by atoms with Gasteiger partial charge in [-0.1, -0.05) is 29.3 Å². The standard InChI is InChI=1S/C14H19Cl2NO/c1-2-18-9-11-8-17-6-5-12(11)10-3-4-13(15)14(16)7-10/h3-4,7,11-12,17H,2,5-6,8-9H2,1H3/t11-,12-/m0/s1. The Hall–Kier alpha value is -0.280. The Kier molecular flexibility index (Phi) is 5.31. The molecule has 0 saturated carbocycles. The van der Waals surface area contributed by atoms with Gasteiger partial charge >= 0.3 is 0 Å². The summed E-state index contributed by atoms with van der Waals surface area (Å²) in [5, 5.41) is 4.69. The third-order valence-electron chi connectivity index (χ3n) is 3.52. The molecule has 1 aliphatic heterocycles. The first kappa shape index (κ1) is 14.1. The zero-order valence-electron chi connectivity index (χ0n) is 10.6. The lowest BCUT2D eigenvalue weighted by Crippen LogP contribution is -2.37. The molecule has 2 rings (SSSR count). The van der Waals surface area contributed by atoms with Gasteiger partial charge in [0.2, 0.25) is 0 Å². The van der Waals surface area contributed by atoms with Crippen LogP contribution in [-0.2, 0) is 4.74 Å². The summed E-state index contributed by atoms with van der Waals surface area (Å²) in [6.07, 6.45) is 1.12. The highest BCUT2D eigenvalue weighted by molar-refractivity contribution is 6.42. The molecule has 1 aromatic carbocycles. The molecule has 0 aromatic heterocycles. The molecule has 1 aliphatic rings. The summed E-state index contributed by atoms with van der Waals surface area (Å²) < 4.78 is 5.58. The second-order valence-electron chi connectivity index (χ2n) is 4.69. The molecule has 0 bridgehead atoms. The van der Waals surface area contributed by atoms with Crippen LogP contribution in [0, 0.1) is 5.92 Å². The van der Waals surface area contributed by atoms with Gasteiger partial charge in [0.1, 0.15) is 0 Å². The Balaban J connectivity index is 2.14. The summed E-state index contributed by atoms with van der Waals surface area (Å²) in [7, 11) is 0. The third kappa shape index (κ3) is 3.39. The quantitative estimate of drug-likeness (QED) is 0.911. The number of nitrogens with one attached hydrogen (secondary N) is 1. The smallest absolute Gasteiger partial charge is 0.0595 e. The highest BCUT2D eigenvalue weighted by Crippen LogP contribution is 2.34. The van der Waals surface area contributed by atoms with E-state index in [0.717, 1.165) is 32.7 Å². The lowest BCUT2D eigenvalue weighted by Gasteiger charge is -2.32. The van der Waals surface area contributed by atoms with Crippen LogP contribution in [0.3, 0.4) is 0 Å². The number of piperidine rings is 1. The first-order chi connectivity index (χ1) is 8.72. The van der Waals surface area contributed by atoms with Crippen molar-refractivity contribution in [3.05, 3.63) is 33.8 Å². The molecule has 100 valence electrons. The van der Waals surface area contributed by atoms with Gasteiger partial charge in [0.15, 0.2) is 0 Å². The fourth-order valence-corrected chi connectivity index (χ4v) is 2.86. The van der Waals surface area contributed by atoms with Crippen LogP contribution in [-0.4, -0.2) is 26.3 Å². The zero-order chi connectivity index (χ0) is 13.0. The van der Waals surface area contributed by atoms with Crippen molar-refractivity contribution in [1.82, 2.24) is 5.32 Å². The number of benzene rings is 1. The van der Waals surface area contributed by atoms with Gasteiger partial charge in [-0.15, -0.1) is 0 Å². The van der Waals surface area contributed by atoms with E-state index >= 15 is 0 Å². The van der Waals surface area contributed by atoms with Crippen LogP contribution in [0.4, 0.5) is 0 Å². The topological polar surface area (TPSA) is 21.3 Å². The van der Waals surface area contributed by atoms with Crippen molar-refractivity contribution < 1.29 is 4.74 Å². The Bertz CT molecular complexity index is 397. The predicted molar refractivity (Wildman–Crippen MR) is 76.7 cm³/mol. The van der Waals surface area contributed by atoms with E-state index in [1.807, 2.05) is 19.1 Å². The van der Waals surface area contributed by atoms with E-state index in [2.05, 4.69) is 11.4 Å². The highest BCUT2D eigenvalue weighted by atomic mass is 35.5. The fraction of sp³-hybridized carbons (Fsp3) is 0.571. The summed E-state index contributed by atoms with van der Waals surface area (Å²) in [5.74, 6) is 1.02. The van der Waals surface area contributed by atoms with Crippen LogP contribution < -0.4 is 5.32 Å². The first-order valence-corrected chi connectivity index (χ1v) is 7.21. The maximum absolute atomic E-state index is 6.11. The molecule has 4 heteroatoms. The van der Waals surface area contributed by atoms with E-state index in [-0.39, 0.29) is 0 Å². The summed E-state index contributed by atoms with van der Waals surface area (Å²) >= 11 is 12.1. The van der Waals surface area contributed by atoms with Gasteiger partial charge in [-0.3, -0.25) is 0 Å². The van der Waals surface area contributed by atoms with Gasteiger partial charge in [-0.05, 0) is 43.5 Å². The van der Waals surface area contributed by atoms with E-state index < -0.39 is 0 Å². The van der Waals surface area contributed by atoms with Crippen molar-refractivity contribution in [2.45, 2.75) is 19.3 Å². The average Bonchev–Trinajstić information content (AvgIpc) is 2.40. The Morgan fingerprint density at radius 1 is 1.33 bits per heavy atom. The molecule has 1 fully saturated rings. The van der Waals surface area contributed by atoms with Gasteiger partial charge in [0.25, 0.3) is 0 Å². The van der Waals surface area contributed by atoms with Crippen molar-refractivity contribution in [3.63, 3.8) is 0 Å². The third-order valence-corrected chi connectivity index (χ3v) is 4.25. The molecule has 0 amide bonds. The van der Waals surface area contributed by atoms with E-state index in [9.17, 15) is 0 Å². The van der Waals surface area contributed by atoms with Gasteiger partial charge in [-0.2, -0.15) is 0 Å². The van der Waals surface area contributed by atoms with Crippen molar-refractivity contribution in [2.75, 3.05) is 26.3 Å². The molecule has 1 aromatic rings. The molecule has 2 nitrogen and oxygen atoms in total. The molecule has 2 atom stereocenters. The number of hydrogen-bond acceptors (Lipinski definition) is 2. The lowest BCUT2D eigenvalue weighted by atomic mass is 9.81. The summed E-state index contributed by atoms with van der Waals surface area (Å²) in [6, 6.07) is 5.97.